The van der Waals surface area contributed by atoms with Crippen molar-refractivity contribution in [3.8, 4) is 11.5 Å². The quantitative estimate of drug-likeness (QED) is 0.184. The number of amides is 1. The lowest BCUT2D eigenvalue weighted by molar-refractivity contribution is -0.140. The molecular formula is C31H31NO5. The molecule has 0 aromatic heterocycles. The number of Topliss-reactive ketones (excluding diaryl/α,β-unsaturated/α-hetero) is 1. The first-order valence-corrected chi connectivity index (χ1v) is 12.8. The number of unbranched alkanes of at least 4 members (excludes halogenated alkanes) is 1. The lowest BCUT2D eigenvalue weighted by Gasteiger charge is -2.25. The van der Waals surface area contributed by atoms with Crippen molar-refractivity contribution < 1.29 is 24.2 Å². The fourth-order valence-corrected chi connectivity index (χ4v) is 4.98. The van der Waals surface area contributed by atoms with Crippen molar-refractivity contribution in [3.05, 3.63) is 101 Å². The second kappa shape index (κ2) is 10.5. The maximum Gasteiger partial charge on any atom is 0.295 e. The summed E-state index contributed by atoms with van der Waals surface area (Å²) in [5.74, 6) is 0.0156. The van der Waals surface area contributed by atoms with Gasteiger partial charge in [-0.25, -0.2) is 0 Å². The minimum Gasteiger partial charge on any atom is -0.507 e. The molecule has 1 fully saturated rings. The van der Waals surface area contributed by atoms with Gasteiger partial charge in [-0.05, 0) is 60.4 Å². The van der Waals surface area contributed by atoms with E-state index in [9.17, 15) is 14.7 Å². The number of ether oxygens (including phenoxy) is 2. The number of carbonyl (C=O) groups excluding carboxylic acids is 2. The summed E-state index contributed by atoms with van der Waals surface area (Å²) in [6.45, 7) is 4.97. The van der Waals surface area contributed by atoms with Crippen LogP contribution in [0.1, 0.15) is 55.0 Å². The number of aliphatic hydroxyl groups excluding tert-OH is 1. The Labute approximate surface area is 217 Å². The topological polar surface area (TPSA) is 76.1 Å². The van der Waals surface area contributed by atoms with Crippen LogP contribution in [0.15, 0.2) is 78.4 Å². The van der Waals surface area contributed by atoms with Crippen LogP contribution in [-0.2, 0) is 22.6 Å². The molecular weight excluding hydrogens is 466 g/mol. The van der Waals surface area contributed by atoms with E-state index in [2.05, 4.69) is 6.92 Å². The Morgan fingerprint density at radius 1 is 1.05 bits per heavy atom. The van der Waals surface area contributed by atoms with Gasteiger partial charge in [0.2, 0.25) is 0 Å². The molecule has 0 unspecified atom stereocenters. The number of likely N-dealkylation sites (tertiary alicyclic amines) is 1. The van der Waals surface area contributed by atoms with E-state index in [1.165, 1.54) is 4.90 Å². The zero-order valence-corrected chi connectivity index (χ0v) is 21.1. The average Bonchev–Trinajstić information content (AvgIpc) is 3.40. The van der Waals surface area contributed by atoms with Gasteiger partial charge < -0.3 is 19.5 Å². The van der Waals surface area contributed by atoms with E-state index in [1.807, 2.05) is 73.7 Å². The highest BCUT2D eigenvalue weighted by molar-refractivity contribution is 6.46. The maximum absolute atomic E-state index is 13.4. The summed E-state index contributed by atoms with van der Waals surface area (Å²) in [7, 11) is 0. The summed E-state index contributed by atoms with van der Waals surface area (Å²) in [5, 5.41) is 11.4. The van der Waals surface area contributed by atoms with Crippen LogP contribution in [0.4, 0.5) is 0 Å². The highest BCUT2D eigenvalue weighted by atomic mass is 16.5. The molecule has 5 rings (SSSR count). The third kappa shape index (κ3) is 4.96. The molecule has 0 bridgehead atoms. The summed E-state index contributed by atoms with van der Waals surface area (Å²) in [6.07, 6.45) is 2.78. The standard InChI is InChI=1S/C31H31NO5/c1-3-4-16-36-25-13-10-22(11-14-25)28-27(29(33)23-12-15-26-24(18-23)17-20(2)37-26)30(34)31(35)32(28)19-21-8-6-5-7-9-21/h5-15,18,20,28,33H,3-4,16-17,19H2,1-2H3/t20-,28+/m0/s1. The zero-order valence-electron chi connectivity index (χ0n) is 21.1. The molecule has 0 saturated carbocycles. The molecule has 2 atom stereocenters. The predicted octanol–water partition coefficient (Wildman–Crippen LogP) is 5.81. The van der Waals surface area contributed by atoms with Gasteiger partial charge in [0, 0.05) is 18.5 Å². The fourth-order valence-electron chi connectivity index (χ4n) is 4.98. The number of carbonyl (C=O) groups is 2. The number of rotatable bonds is 8. The molecule has 1 saturated heterocycles. The van der Waals surface area contributed by atoms with Crippen molar-refractivity contribution in [2.45, 2.75) is 51.8 Å². The SMILES string of the molecule is CCCCOc1ccc([C@@H]2C(=C(O)c3ccc4c(c3)C[C@H](C)O4)C(=O)C(=O)N2Cc2ccccc2)cc1. The van der Waals surface area contributed by atoms with Gasteiger partial charge in [0.05, 0.1) is 18.2 Å². The Hall–Kier alpha value is -4.06. The minimum absolute atomic E-state index is 0.0573. The first-order chi connectivity index (χ1) is 18.0. The Kier molecular flexibility index (Phi) is 6.99. The highest BCUT2D eigenvalue weighted by Gasteiger charge is 2.46. The molecule has 190 valence electrons. The molecule has 37 heavy (non-hydrogen) atoms. The van der Waals surface area contributed by atoms with Gasteiger partial charge in [0.25, 0.3) is 11.7 Å². The predicted molar refractivity (Wildman–Crippen MR) is 141 cm³/mol. The van der Waals surface area contributed by atoms with Crippen molar-refractivity contribution >= 4 is 17.4 Å². The molecule has 0 spiro atoms. The first-order valence-electron chi connectivity index (χ1n) is 12.8. The van der Waals surface area contributed by atoms with Crippen molar-refractivity contribution in [2.24, 2.45) is 0 Å². The normalized spacial score (nSPS) is 20.1. The minimum atomic E-state index is -0.728. The van der Waals surface area contributed by atoms with Crippen LogP contribution in [0.5, 0.6) is 11.5 Å². The Morgan fingerprint density at radius 2 is 1.81 bits per heavy atom. The Bertz CT molecular complexity index is 1330. The van der Waals surface area contributed by atoms with Gasteiger partial charge in [0.15, 0.2) is 0 Å². The van der Waals surface area contributed by atoms with Gasteiger partial charge in [-0.15, -0.1) is 0 Å². The van der Waals surface area contributed by atoms with Crippen LogP contribution >= 0.6 is 0 Å². The molecule has 2 aliphatic heterocycles. The fraction of sp³-hybridized carbons (Fsp3) is 0.290. The molecule has 3 aromatic rings. The van der Waals surface area contributed by atoms with Crippen LogP contribution in [0, 0.1) is 0 Å². The summed E-state index contributed by atoms with van der Waals surface area (Å²) >= 11 is 0. The van der Waals surface area contributed by atoms with Crippen molar-refractivity contribution in [3.63, 3.8) is 0 Å². The summed E-state index contributed by atoms with van der Waals surface area (Å²) in [4.78, 5) is 28.2. The van der Waals surface area contributed by atoms with Crippen molar-refractivity contribution in [2.75, 3.05) is 6.61 Å². The summed E-state index contributed by atoms with van der Waals surface area (Å²) < 4.78 is 11.6. The Balaban J connectivity index is 1.56. The third-order valence-corrected chi connectivity index (χ3v) is 6.87. The summed E-state index contributed by atoms with van der Waals surface area (Å²) in [6, 6.07) is 21.6. The summed E-state index contributed by atoms with van der Waals surface area (Å²) in [5.41, 5.74) is 3.20. The smallest absolute Gasteiger partial charge is 0.295 e. The van der Waals surface area contributed by atoms with Crippen molar-refractivity contribution in [1.29, 1.82) is 0 Å². The molecule has 0 aliphatic carbocycles. The molecule has 1 N–H and O–H groups in total. The van der Waals surface area contributed by atoms with Crippen LogP contribution in [0.3, 0.4) is 0 Å². The number of fused-ring (bicyclic) bond motifs is 1. The lowest BCUT2D eigenvalue weighted by atomic mass is 9.94. The van der Waals surface area contributed by atoms with Gasteiger partial charge in [-0.1, -0.05) is 55.8 Å². The van der Waals surface area contributed by atoms with E-state index >= 15 is 0 Å². The van der Waals surface area contributed by atoms with Gasteiger partial charge in [-0.3, -0.25) is 9.59 Å². The number of hydrogen-bond acceptors (Lipinski definition) is 5. The number of ketones is 1. The second-order valence-corrected chi connectivity index (χ2v) is 9.64. The zero-order chi connectivity index (χ0) is 25.9. The molecule has 3 aromatic carbocycles. The molecule has 6 heteroatoms. The maximum atomic E-state index is 13.4. The largest absolute Gasteiger partial charge is 0.507 e. The van der Waals surface area contributed by atoms with Gasteiger partial charge in [0.1, 0.15) is 23.4 Å². The average molecular weight is 498 g/mol. The van der Waals surface area contributed by atoms with Crippen molar-refractivity contribution in [1.82, 2.24) is 4.90 Å². The van der Waals surface area contributed by atoms with Crippen LogP contribution in [0.2, 0.25) is 0 Å². The Morgan fingerprint density at radius 3 is 2.54 bits per heavy atom. The van der Waals surface area contributed by atoms with E-state index in [0.717, 1.165) is 47.5 Å². The number of benzene rings is 3. The number of hydrogen-bond donors (Lipinski definition) is 1. The first kappa shape index (κ1) is 24.6. The molecule has 2 aliphatic rings. The molecule has 6 nitrogen and oxygen atoms in total. The third-order valence-electron chi connectivity index (χ3n) is 6.87. The molecule has 0 radical (unpaired) electrons. The number of aliphatic hydroxyl groups is 1. The lowest BCUT2D eigenvalue weighted by Crippen LogP contribution is -2.29. The van der Waals surface area contributed by atoms with Crippen LogP contribution in [0.25, 0.3) is 5.76 Å². The van der Waals surface area contributed by atoms with E-state index in [0.29, 0.717) is 12.2 Å². The van der Waals surface area contributed by atoms with Gasteiger partial charge in [-0.2, -0.15) is 0 Å². The van der Waals surface area contributed by atoms with E-state index in [-0.39, 0.29) is 24.0 Å². The van der Waals surface area contributed by atoms with E-state index in [4.69, 9.17) is 9.47 Å². The molecule has 1 amide bonds. The molecule has 2 heterocycles. The van der Waals surface area contributed by atoms with E-state index < -0.39 is 17.7 Å². The van der Waals surface area contributed by atoms with Gasteiger partial charge >= 0.3 is 0 Å². The second-order valence-electron chi connectivity index (χ2n) is 9.64. The van der Waals surface area contributed by atoms with Crippen LogP contribution < -0.4 is 9.47 Å². The van der Waals surface area contributed by atoms with E-state index in [1.54, 1.807) is 6.07 Å². The van der Waals surface area contributed by atoms with Crippen LogP contribution in [-0.4, -0.2) is 34.4 Å². The monoisotopic (exact) mass is 497 g/mol. The highest BCUT2D eigenvalue weighted by Crippen LogP contribution is 2.41. The number of nitrogens with zero attached hydrogens (tertiary/aromatic N) is 1.